The summed E-state index contributed by atoms with van der Waals surface area (Å²) in [5.41, 5.74) is -1.16. The van der Waals surface area contributed by atoms with Gasteiger partial charge in [0, 0.05) is 6.42 Å². The molecule has 106 valence electrons. The molecular formula is C13H20N2O4. The minimum atomic E-state index is -1.16. The van der Waals surface area contributed by atoms with Gasteiger partial charge < -0.3 is 15.7 Å². The van der Waals surface area contributed by atoms with E-state index in [0.717, 1.165) is 12.8 Å². The maximum absolute atomic E-state index is 12.1. The van der Waals surface area contributed by atoms with Crippen molar-refractivity contribution >= 4 is 17.8 Å². The van der Waals surface area contributed by atoms with Gasteiger partial charge in [-0.2, -0.15) is 0 Å². The molecule has 1 saturated carbocycles. The standard InChI is InChI=1S/C13H20N2O4/c1-8-4-6-13(7-5-8,12(18)19)15-11(17)9-2-3-10(16)14-9/h8-9H,2-7H2,1H3,(H,14,16)(H,15,17)(H,18,19). The normalized spacial score (nSPS) is 34.7. The Morgan fingerprint density at radius 2 is 1.95 bits per heavy atom. The Balaban J connectivity index is 2.03. The van der Waals surface area contributed by atoms with Gasteiger partial charge in [0.2, 0.25) is 11.8 Å². The van der Waals surface area contributed by atoms with Gasteiger partial charge in [0.1, 0.15) is 11.6 Å². The van der Waals surface area contributed by atoms with Crippen LogP contribution >= 0.6 is 0 Å². The van der Waals surface area contributed by atoms with Crippen LogP contribution in [0.5, 0.6) is 0 Å². The molecule has 1 aliphatic carbocycles. The van der Waals surface area contributed by atoms with Gasteiger partial charge >= 0.3 is 5.97 Å². The van der Waals surface area contributed by atoms with Crippen LogP contribution in [-0.4, -0.2) is 34.5 Å². The van der Waals surface area contributed by atoms with Crippen LogP contribution in [-0.2, 0) is 14.4 Å². The van der Waals surface area contributed by atoms with Crippen molar-refractivity contribution in [1.29, 1.82) is 0 Å². The van der Waals surface area contributed by atoms with Crippen molar-refractivity contribution in [2.45, 2.75) is 57.0 Å². The summed E-state index contributed by atoms with van der Waals surface area (Å²) in [6, 6.07) is -0.580. The predicted molar refractivity (Wildman–Crippen MR) is 67.3 cm³/mol. The maximum atomic E-state index is 12.1. The average molecular weight is 268 g/mol. The van der Waals surface area contributed by atoms with Gasteiger partial charge in [0.25, 0.3) is 0 Å². The lowest BCUT2D eigenvalue weighted by atomic mass is 9.77. The summed E-state index contributed by atoms with van der Waals surface area (Å²) in [6.07, 6.45) is 3.27. The van der Waals surface area contributed by atoms with Gasteiger partial charge in [0.15, 0.2) is 0 Å². The summed E-state index contributed by atoms with van der Waals surface area (Å²) in [6.45, 7) is 2.09. The number of amides is 2. The number of carbonyl (C=O) groups excluding carboxylic acids is 2. The summed E-state index contributed by atoms with van der Waals surface area (Å²) >= 11 is 0. The van der Waals surface area contributed by atoms with E-state index in [1.807, 2.05) is 0 Å². The average Bonchev–Trinajstić information content (AvgIpc) is 2.79. The van der Waals surface area contributed by atoms with Gasteiger partial charge in [0.05, 0.1) is 0 Å². The summed E-state index contributed by atoms with van der Waals surface area (Å²) in [5, 5.41) is 14.6. The van der Waals surface area contributed by atoms with Crippen LogP contribution in [0.1, 0.15) is 45.4 Å². The molecule has 3 N–H and O–H groups in total. The molecule has 2 rings (SSSR count). The van der Waals surface area contributed by atoms with E-state index in [4.69, 9.17) is 0 Å². The molecule has 0 aromatic heterocycles. The van der Waals surface area contributed by atoms with E-state index >= 15 is 0 Å². The summed E-state index contributed by atoms with van der Waals surface area (Å²) in [7, 11) is 0. The number of carbonyl (C=O) groups is 3. The van der Waals surface area contributed by atoms with Gasteiger partial charge in [-0.3, -0.25) is 9.59 Å². The first kappa shape index (κ1) is 13.8. The van der Waals surface area contributed by atoms with Gasteiger partial charge in [-0.25, -0.2) is 4.79 Å². The van der Waals surface area contributed by atoms with Crippen LogP contribution in [0.3, 0.4) is 0 Å². The largest absolute Gasteiger partial charge is 0.480 e. The molecule has 2 amide bonds. The third-order valence-corrected chi connectivity index (χ3v) is 4.21. The highest BCUT2D eigenvalue weighted by molar-refractivity contribution is 5.94. The highest BCUT2D eigenvalue weighted by Crippen LogP contribution is 2.32. The Kier molecular flexibility index (Phi) is 3.78. The maximum Gasteiger partial charge on any atom is 0.329 e. The molecular weight excluding hydrogens is 248 g/mol. The number of rotatable bonds is 3. The first-order chi connectivity index (χ1) is 8.93. The molecule has 0 aromatic rings. The molecule has 1 aliphatic heterocycles. The molecule has 19 heavy (non-hydrogen) atoms. The van der Waals surface area contributed by atoms with E-state index in [-0.39, 0.29) is 11.8 Å². The van der Waals surface area contributed by atoms with Crippen LogP contribution in [0.4, 0.5) is 0 Å². The van der Waals surface area contributed by atoms with Crippen molar-refractivity contribution in [2.75, 3.05) is 0 Å². The SMILES string of the molecule is CC1CCC(NC(=O)C2CCC(=O)N2)(C(=O)O)CC1. The second-order valence-electron chi connectivity index (χ2n) is 5.72. The third-order valence-electron chi connectivity index (χ3n) is 4.21. The first-order valence-electron chi connectivity index (χ1n) is 6.78. The fourth-order valence-electron chi connectivity index (χ4n) is 2.78. The lowest BCUT2D eigenvalue weighted by molar-refractivity contribution is -0.150. The minimum absolute atomic E-state index is 0.151. The Morgan fingerprint density at radius 1 is 1.32 bits per heavy atom. The van der Waals surface area contributed by atoms with Crippen LogP contribution < -0.4 is 10.6 Å². The lowest BCUT2D eigenvalue weighted by Crippen LogP contribution is -2.59. The van der Waals surface area contributed by atoms with Crippen molar-refractivity contribution in [3.63, 3.8) is 0 Å². The van der Waals surface area contributed by atoms with Gasteiger partial charge in [-0.1, -0.05) is 6.92 Å². The molecule has 0 radical (unpaired) electrons. The third kappa shape index (κ3) is 2.88. The topological polar surface area (TPSA) is 95.5 Å². The monoisotopic (exact) mass is 268 g/mol. The van der Waals surface area contributed by atoms with Crippen molar-refractivity contribution < 1.29 is 19.5 Å². The Labute approximate surface area is 111 Å². The summed E-state index contributed by atoms with van der Waals surface area (Å²) in [5.74, 6) is -1.00. The van der Waals surface area contributed by atoms with E-state index in [9.17, 15) is 19.5 Å². The molecule has 1 saturated heterocycles. The van der Waals surface area contributed by atoms with Crippen molar-refractivity contribution in [3.8, 4) is 0 Å². The Bertz CT molecular complexity index is 399. The van der Waals surface area contributed by atoms with Gasteiger partial charge in [-0.05, 0) is 38.0 Å². The Hall–Kier alpha value is -1.59. The number of carboxylic acid groups (broad SMARTS) is 1. The Morgan fingerprint density at radius 3 is 2.42 bits per heavy atom. The fraction of sp³-hybridized carbons (Fsp3) is 0.769. The van der Waals surface area contributed by atoms with E-state index < -0.39 is 17.6 Å². The van der Waals surface area contributed by atoms with Crippen LogP contribution in [0, 0.1) is 5.92 Å². The van der Waals surface area contributed by atoms with Crippen molar-refractivity contribution in [3.05, 3.63) is 0 Å². The molecule has 6 heteroatoms. The molecule has 1 unspecified atom stereocenters. The van der Waals surface area contributed by atoms with Crippen molar-refractivity contribution in [1.82, 2.24) is 10.6 Å². The zero-order valence-corrected chi connectivity index (χ0v) is 11.1. The molecule has 6 nitrogen and oxygen atoms in total. The number of nitrogens with one attached hydrogen (secondary N) is 2. The fourth-order valence-corrected chi connectivity index (χ4v) is 2.78. The van der Waals surface area contributed by atoms with Crippen molar-refractivity contribution in [2.24, 2.45) is 5.92 Å². The zero-order chi connectivity index (χ0) is 14.0. The van der Waals surface area contributed by atoms with E-state index in [1.165, 1.54) is 0 Å². The lowest BCUT2D eigenvalue weighted by Gasteiger charge is -2.37. The second-order valence-corrected chi connectivity index (χ2v) is 5.72. The summed E-state index contributed by atoms with van der Waals surface area (Å²) in [4.78, 5) is 34.7. The van der Waals surface area contributed by atoms with Crippen LogP contribution in [0.2, 0.25) is 0 Å². The highest BCUT2D eigenvalue weighted by Gasteiger charge is 2.44. The molecule has 1 atom stereocenters. The zero-order valence-electron chi connectivity index (χ0n) is 11.1. The molecule has 0 spiro atoms. The molecule has 2 aliphatic rings. The smallest absolute Gasteiger partial charge is 0.329 e. The number of hydrogen-bond acceptors (Lipinski definition) is 3. The second kappa shape index (κ2) is 5.19. The number of aliphatic carboxylic acids is 1. The molecule has 0 bridgehead atoms. The minimum Gasteiger partial charge on any atom is -0.480 e. The quantitative estimate of drug-likeness (QED) is 0.691. The molecule has 0 aromatic carbocycles. The number of carboxylic acids is 1. The van der Waals surface area contributed by atoms with Gasteiger partial charge in [-0.15, -0.1) is 0 Å². The molecule has 1 heterocycles. The highest BCUT2D eigenvalue weighted by atomic mass is 16.4. The van der Waals surface area contributed by atoms with E-state index in [1.54, 1.807) is 0 Å². The van der Waals surface area contributed by atoms with Crippen LogP contribution in [0.15, 0.2) is 0 Å². The van der Waals surface area contributed by atoms with E-state index in [2.05, 4.69) is 17.6 Å². The predicted octanol–water partition coefficient (Wildman–Crippen LogP) is 0.415. The first-order valence-corrected chi connectivity index (χ1v) is 6.78. The van der Waals surface area contributed by atoms with E-state index in [0.29, 0.717) is 31.6 Å². The summed E-state index contributed by atoms with van der Waals surface area (Å²) < 4.78 is 0. The number of hydrogen-bond donors (Lipinski definition) is 3. The van der Waals surface area contributed by atoms with Crippen LogP contribution in [0.25, 0.3) is 0 Å². The molecule has 2 fully saturated rings.